The van der Waals surface area contributed by atoms with Crippen LogP contribution in [0.3, 0.4) is 0 Å². The molecule has 0 saturated heterocycles. The van der Waals surface area contributed by atoms with Gasteiger partial charge in [0.05, 0.1) is 5.02 Å². The van der Waals surface area contributed by atoms with E-state index in [0.717, 1.165) is 12.8 Å². The van der Waals surface area contributed by atoms with Crippen LogP contribution in [-0.2, 0) is 4.79 Å². The first-order valence-corrected chi connectivity index (χ1v) is 5.30. The number of nitrogens with zero attached hydrogens (tertiary/aromatic N) is 2. The lowest BCUT2D eigenvalue weighted by Gasteiger charge is -2.05. The smallest absolute Gasteiger partial charge is 0.273 e. The molecule has 1 saturated carbocycles. The molecule has 2 amide bonds. The Morgan fingerprint density at radius 1 is 1.53 bits per heavy atom. The summed E-state index contributed by atoms with van der Waals surface area (Å²) in [6.07, 6.45) is 1.68. The van der Waals surface area contributed by atoms with Gasteiger partial charge in [-0.05, 0) is 12.8 Å². The van der Waals surface area contributed by atoms with Gasteiger partial charge in [-0.15, -0.1) is 10.2 Å². The molecule has 6 nitrogen and oxygen atoms in total. The Morgan fingerprint density at radius 3 is 2.88 bits per heavy atom. The van der Waals surface area contributed by atoms with E-state index in [1.807, 2.05) is 0 Å². The van der Waals surface area contributed by atoms with Gasteiger partial charge >= 0.3 is 0 Å². The lowest BCUT2D eigenvalue weighted by atomic mass is 10.3. The molecule has 17 heavy (non-hydrogen) atoms. The second-order valence-electron chi connectivity index (χ2n) is 3.64. The van der Waals surface area contributed by atoms with Crippen LogP contribution in [-0.4, -0.2) is 29.0 Å². The van der Waals surface area contributed by atoms with E-state index < -0.39 is 12.9 Å². The molecule has 7 heteroatoms. The van der Waals surface area contributed by atoms with Crippen molar-refractivity contribution in [2.75, 3.05) is 12.3 Å². The minimum atomic E-state index is -2.64. The number of aromatic nitrogens is 2. The van der Waals surface area contributed by atoms with Gasteiger partial charge in [0.1, 0.15) is 0 Å². The molecule has 1 aliphatic carbocycles. The summed E-state index contributed by atoms with van der Waals surface area (Å²) in [4.78, 5) is 23.1. The molecule has 0 bridgehead atoms. The van der Waals surface area contributed by atoms with Crippen molar-refractivity contribution in [1.29, 1.82) is 0 Å². The Morgan fingerprint density at radius 2 is 2.29 bits per heavy atom. The summed E-state index contributed by atoms with van der Waals surface area (Å²) in [7, 11) is 0. The van der Waals surface area contributed by atoms with Crippen molar-refractivity contribution in [3.63, 3.8) is 0 Å². The van der Waals surface area contributed by atoms with E-state index in [1.165, 1.54) is 6.07 Å². The molecular formula is C10H11ClN4O2. The minimum absolute atomic E-state index is 0.00545. The van der Waals surface area contributed by atoms with Crippen LogP contribution in [0.2, 0.25) is 5.02 Å². The van der Waals surface area contributed by atoms with Crippen LogP contribution >= 0.6 is 11.6 Å². The van der Waals surface area contributed by atoms with Gasteiger partial charge in [-0.1, -0.05) is 11.6 Å². The van der Waals surface area contributed by atoms with Crippen molar-refractivity contribution in [1.82, 2.24) is 15.5 Å². The highest BCUT2D eigenvalue weighted by Crippen LogP contribution is 2.30. The molecule has 1 heterocycles. The van der Waals surface area contributed by atoms with Gasteiger partial charge in [-0.3, -0.25) is 9.59 Å². The third kappa shape index (κ3) is 2.71. The number of rotatable bonds is 3. The summed E-state index contributed by atoms with van der Waals surface area (Å²) in [5, 5.41) is 11.3. The summed E-state index contributed by atoms with van der Waals surface area (Å²) < 4.78 is 20.8. The molecule has 1 fully saturated rings. The third-order valence-electron chi connectivity index (χ3n) is 2.28. The molecular weight excluding hydrogens is 244 g/mol. The number of carbonyl (C=O) groups excluding carboxylic acids is 2. The highest BCUT2D eigenvalue weighted by Gasteiger charge is 2.30. The van der Waals surface area contributed by atoms with Crippen LogP contribution in [0.25, 0.3) is 0 Å². The van der Waals surface area contributed by atoms with E-state index in [2.05, 4.69) is 15.5 Å². The SMILES string of the molecule is [2H]C([2H])([2H])NC(=O)c1nnc(NC(=O)C2CC2)cc1Cl. The highest BCUT2D eigenvalue weighted by atomic mass is 35.5. The topological polar surface area (TPSA) is 84.0 Å². The minimum Gasteiger partial charge on any atom is -0.354 e. The number of hydrogen-bond acceptors (Lipinski definition) is 4. The van der Waals surface area contributed by atoms with Crippen LogP contribution in [0, 0.1) is 5.92 Å². The van der Waals surface area contributed by atoms with E-state index in [0.29, 0.717) is 0 Å². The fraction of sp³-hybridized carbons (Fsp3) is 0.400. The van der Waals surface area contributed by atoms with Crippen LogP contribution < -0.4 is 10.6 Å². The lowest BCUT2D eigenvalue weighted by molar-refractivity contribution is -0.117. The number of carbonyl (C=O) groups is 2. The second-order valence-corrected chi connectivity index (χ2v) is 4.05. The van der Waals surface area contributed by atoms with Gasteiger partial charge in [-0.2, -0.15) is 0 Å². The number of nitrogens with one attached hydrogen (secondary N) is 2. The monoisotopic (exact) mass is 257 g/mol. The lowest BCUT2D eigenvalue weighted by Crippen LogP contribution is -2.21. The van der Waals surface area contributed by atoms with Crippen molar-refractivity contribution in [3.05, 3.63) is 16.8 Å². The largest absolute Gasteiger partial charge is 0.354 e. The third-order valence-corrected chi connectivity index (χ3v) is 2.56. The predicted molar refractivity (Wildman–Crippen MR) is 61.8 cm³/mol. The molecule has 1 aromatic heterocycles. The zero-order valence-electron chi connectivity index (χ0n) is 11.7. The van der Waals surface area contributed by atoms with Crippen molar-refractivity contribution in [2.45, 2.75) is 12.8 Å². The quantitative estimate of drug-likeness (QED) is 0.840. The fourth-order valence-electron chi connectivity index (χ4n) is 1.22. The molecule has 0 aromatic carbocycles. The van der Waals surface area contributed by atoms with Crippen molar-refractivity contribution >= 4 is 29.2 Å². The Hall–Kier alpha value is -1.69. The molecule has 2 rings (SSSR count). The molecule has 0 atom stereocenters. The maximum Gasteiger partial charge on any atom is 0.273 e. The summed E-state index contributed by atoms with van der Waals surface area (Å²) in [6.45, 7) is -2.64. The average molecular weight is 258 g/mol. The molecule has 0 radical (unpaired) electrons. The Labute approximate surface area is 107 Å². The Kier molecular flexibility index (Phi) is 2.31. The van der Waals surface area contributed by atoms with E-state index in [-0.39, 0.29) is 28.4 Å². The number of hydrogen-bond donors (Lipinski definition) is 2. The van der Waals surface area contributed by atoms with E-state index in [9.17, 15) is 9.59 Å². The number of amides is 2. The summed E-state index contributed by atoms with van der Waals surface area (Å²) in [5.41, 5.74) is -0.313. The van der Waals surface area contributed by atoms with Gasteiger partial charge in [0, 0.05) is 23.1 Å². The summed E-state index contributed by atoms with van der Waals surface area (Å²) in [5.74, 6) is -1.01. The normalized spacial score (nSPS) is 17.6. The Balaban J connectivity index is 2.08. The summed E-state index contributed by atoms with van der Waals surface area (Å²) >= 11 is 5.83. The van der Waals surface area contributed by atoms with Gasteiger partial charge < -0.3 is 10.6 Å². The van der Waals surface area contributed by atoms with Crippen LogP contribution in [0.15, 0.2) is 6.07 Å². The number of halogens is 1. The van der Waals surface area contributed by atoms with Crippen LogP contribution in [0.1, 0.15) is 27.4 Å². The van der Waals surface area contributed by atoms with E-state index in [4.69, 9.17) is 15.7 Å². The molecule has 0 spiro atoms. The average Bonchev–Trinajstić information content (AvgIpc) is 3.09. The fourth-order valence-corrected chi connectivity index (χ4v) is 1.44. The second kappa shape index (κ2) is 4.67. The molecule has 0 aliphatic heterocycles. The maximum atomic E-state index is 11.6. The Bertz CT molecular complexity index is 560. The zero-order chi connectivity index (χ0) is 14.9. The molecule has 0 unspecified atom stereocenters. The van der Waals surface area contributed by atoms with Gasteiger partial charge in [-0.25, -0.2) is 0 Å². The summed E-state index contributed by atoms with van der Waals surface area (Å²) in [6, 6.07) is 1.25. The first-order valence-electron chi connectivity index (χ1n) is 6.43. The standard InChI is InChI=1S/C10H11ClN4O2/c1-12-10(17)8-6(11)4-7(14-15-8)13-9(16)5-2-3-5/h4-5H,2-3H2,1H3,(H,12,17)(H,13,14,16)/i1D3. The van der Waals surface area contributed by atoms with Crippen LogP contribution in [0.5, 0.6) is 0 Å². The maximum absolute atomic E-state index is 11.6. The zero-order valence-corrected chi connectivity index (χ0v) is 9.41. The van der Waals surface area contributed by atoms with Gasteiger partial charge in [0.25, 0.3) is 5.91 Å². The first kappa shape index (κ1) is 8.41. The van der Waals surface area contributed by atoms with Crippen molar-refractivity contribution in [2.24, 2.45) is 5.92 Å². The van der Waals surface area contributed by atoms with Crippen molar-refractivity contribution in [3.8, 4) is 0 Å². The predicted octanol–water partition coefficient (Wildman–Crippen LogP) is 0.838. The van der Waals surface area contributed by atoms with Crippen LogP contribution in [0.4, 0.5) is 5.82 Å². The molecule has 1 aromatic rings. The molecule has 90 valence electrons. The highest BCUT2D eigenvalue weighted by molar-refractivity contribution is 6.33. The van der Waals surface area contributed by atoms with Crippen molar-refractivity contribution < 1.29 is 13.7 Å². The molecule has 2 N–H and O–H groups in total. The molecule has 1 aliphatic rings. The van der Waals surface area contributed by atoms with Gasteiger partial charge in [0.2, 0.25) is 5.91 Å². The van der Waals surface area contributed by atoms with Gasteiger partial charge in [0.15, 0.2) is 11.5 Å². The van der Waals surface area contributed by atoms with E-state index >= 15 is 0 Å². The number of anilines is 1. The first-order chi connectivity index (χ1) is 9.26. The van der Waals surface area contributed by atoms with E-state index in [1.54, 1.807) is 5.32 Å².